The number of rotatable bonds is 7. The molecule has 0 unspecified atom stereocenters. The molecule has 2 rings (SSSR count). The van der Waals surface area contributed by atoms with Crippen molar-refractivity contribution in [3.05, 3.63) is 24.2 Å². The third-order valence-electron chi connectivity index (χ3n) is 3.82. The number of furan rings is 1. The summed E-state index contributed by atoms with van der Waals surface area (Å²) in [5.74, 6) is 1.16. The lowest BCUT2D eigenvalue weighted by molar-refractivity contribution is 0.150. The second kappa shape index (κ2) is 7.40. The molecule has 2 atom stereocenters. The fraction of sp³-hybridized carbons (Fsp3) is 0.714. The monoisotopic (exact) mass is 316 g/mol. The van der Waals surface area contributed by atoms with E-state index in [9.17, 15) is 8.42 Å². The summed E-state index contributed by atoms with van der Waals surface area (Å²) in [5.41, 5.74) is 0. The molecule has 1 aliphatic rings. The summed E-state index contributed by atoms with van der Waals surface area (Å²) in [6, 6.07) is 3.77. The molecule has 0 radical (unpaired) electrons. The molecule has 0 aliphatic carbocycles. The molecule has 120 valence electrons. The molecule has 21 heavy (non-hydrogen) atoms. The number of sulfonamides is 1. The van der Waals surface area contributed by atoms with Crippen molar-refractivity contribution >= 4 is 10.0 Å². The first-order chi connectivity index (χ1) is 10.0. The van der Waals surface area contributed by atoms with E-state index < -0.39 is 10.0 Å². The molecule has 0 spiro atoms. The van der Waals surface area contributed by atoms with Crippen LogP contribution in [0.4, 0.5) is 0 Å². The van der Waals surface area contributed by atoms with Crippen LogP contribution in [0, 0.1) is 5.92 Å². The van der Waals surface area contributed by atoms with Crippen molar-refractivity contribution in [2.45, 2.75) is 18.9 Å². The van der Waals surface area contributed by atoms with E-state index in [0.717, 1.165) is 25.1 Å². The second-order valence-electron chi connectivity index (χ2n) is 5.56. The van der Waals surface area contributed by atoms with Gasteiger partial charge in [0, 0.05) is 20.2 Å². The number of methoxy groups -OCH3 is 1. The number of hydrogen-bond acceptors (Lipinski definition) is 5. The lowest BCUT2D eigenvalue weighted by Gasteiger charge is -2.31. The maximum atomic E-state index is 11.6. The van der Waals surface area contributed by atoms with E-state index in [1.165, 1.54) is 6.26 Å². The fourth-order valence-corrected chi connectivity index (χ4v) is 3.64. The van der Waals surface area contributed by atoms with Gasteiger partial charge in [0.25, 0.3) is 0 Å². The number of ether oxygens (including phenoxy) is 1. The van der Waals surface area contributed by atoms with Crippen LogP contribution in [0.3, 0.4) is 0 Å². The van der Waals surface area contributed by atoms with Gasteiger partial charge in [0.15, 0.2) is 0 Å². The first-order valence-electron chi connectivity index (χ1n) is 7.21. The summed E-state index contributed by atoms with van der Waals surface area (Å²) in [4.78, 5) is 0. The van der Waals surface area contributed by atoms with E-state index in [1.54, 1.807) is 17.7 Å². The number of nitrogens with zero attached hydrogens (tertiary/aromatic N) is 1. The largest absolute Gasteiger partial charge is 0.468 e. The summed E-state index contributed by atoms with van der Waals surface area (Å²) >= 11 is 0. The van der Waals surface area contributed by atoms with E-state index in [4.69, 9.17) is 9.15 Å². The van der Waals surface area contributed by atoms with Gasteiger partial charge in [-0.05, 0) is 37.4 Å². The van der Waals surface area contributed by atoms with Gasteiger partial charge in [0.05, 0.1) is 25.2 Å². The summed E-state index contributed by atoms with van der Waals surface area (Å²) in [5, 5.41) is 3.42. The van der Waals surface area contributed by atoms with Crippen molar-refractivity contribution in [3.8, 4) is 0 Å². The lowest BCUT2D eigenvalue weighted by Crippen LogP contribution is -2.43. The average Bonchev–Trinajstić information content (AvgIpc) is 2.97. The van der Waals surface area contributed by atoms with Crippen molar-refractivity contribution in [2.75, 3.05) is 39.6 Å². The molecule has 0 bridgehead atoms. The van der Waals surface area contributed by atoms with Crippen LogP contribution in [0.5, 0.6) is 0 Å². The Morgan fingerprint density at radius 3 is 3.00 bits per heavy atom. The van der Waals surface area contributed by atoms with Crippen molar-refractivity contribution in [3.63, 3.8) is 0 Å². The highest BCUT2D eigenvalue weighted by Gasteiger charge is 2.26. The minimum Gasteiger partial charge on any atom is -0.468 e. The molecule has 6 nitrogen and oxygen atoms in total. The SMILES string of the molecule is COC[C@@H](NC[C@@H]1CCCN(S(C)(=O)=O)C1)c1ccco1. The third kappa shape index (κ3) is 4.81. The van der Waals surface area contributed by atoms with E-state index >= 15 is 0 Å². The Morgan fingerprint density at radius 1 is 1.57 bits per heavy atom. The van der Waals surface area contributed by atoms with Crippen LogP contribution in [0.15, 0.2) is 22.8 Å². The highest BCUT2D eigenvalue weighted by molar-refractivity contribution is 7.88. The Bertz CT molecular complexity index is 515. The predicted molar refractivity (Wildman–Crippen MR) is 80.5 cm³/mol. The van der Waals surface area contributed by atoms with E-state index in [0.29, 0.717) is 25.6 Å². The van der Waals surface area contributed by atoms with Gasteiger partial charge in [-0.15, -0.1) is 0 Å². The van der Waals surface area contributed by atoms with Gasteiger partial charge < -0.3 is 14.5 Å². The highest BCUT2D eigenvalue weighted by Crippen LogP contribution is 2.20. The minimum atomic E-state index is -3.09. The van der Waals surface area contributed by atoms with Crippen LogP contribution in [-0.2, 0) is 14.8 Å². The van der Waals surface area contributed by atoms with Gasteiger partial charge in [0.1, 0.15) is 5.76 Å². The zero-order valence-electron chi connectivity index (χ0n) is 12.6. The molecule has 1 aromatic rings. The van der Waals surface area contributed by atoms with Crippen LogP contribution >= 0.6 is 0 Å². The van der Waals surface area contributed by atoms with E-state index in [-0.39, 0.29) is 6.04 Å². The normalized spacial score (nSPS) is 22.3. The second-order valence-corrected chi connectivity index (χ2v) is 7.54. The zero-order chi connectivity index (χ0) is 15.3. The first kappa shape index (κ1) is 16.5. The molecule has 0 saturated carbocycles. The fourth-order valence-electron chi connectivity index (χ4n) is 2.70. The molecule has 1 fully saturated rings. The Kier molecular flexibility index (Phi) is 5.80. The highest BCUT2D eigenvalue weighted by atomic mass is 32.2. The van der Waals surface area contributed by atoms with Crippen molar-refractivity contribution in [1.82, 2.24) is 9.62 Å². The van der Waals surface area contributed by atoms with Crippen LogP contribution in [0.2, 0.25) is 0 Å². The Labute approximate surface area is 126 Å². The number of hydrogen-bond donors (Lipinski definition) is 1. The molecule has 1 aliphatic heterocycles. The summed E-state index contributed by atoms with van der Waals surface area (Å²) in [6.45, 7) is 2.50. The van der Waals surface area contributed by atoms with Crippen molar-refractivity contribution in [2.24, 2.45) is 5.92 Å². The topological polar surface area (TPSA) is 71.8 Å². The van der Waals surface area contributed by atoms with Gasteiger partial charge in [-0.3, -0.25) is 0 Å². The molecule has 1 saturated heterocycles. The quantitative estimate of drug-likeness (QED) is 0.819. The maximum Gasteiger partial charge on any atom is 0.211 e. The molecule has 0 aromatic carbocycles. The molecule has 0 amide bonds. The summed E-state index contributed by atoms with van der Waals surface area (Å²) in [7, 11) is -1.43. The van der Waals surface area contributed by atoms with Crippen LogP contribution in [-0.4, -0.2) is 52.3 Å². The van der Waals surface area contributed by atoms with Gasteiger partial charge in [-0.25, -0.2) is 12.7 Å². The van der Waals surface area contributed by atoms with Gasteiger partial charge in [0.2, 0.25) is 10.0 Å². The molecular formula is C14H24N2O4S. The Hall–Kier alpha value is -0.890. The number of nitrogens with one attached hydrogen (secondary N) is 1. The Balaban J connectivity index is 1.89. The van der Waals surface area contributed by atoms with Gasteiger partial charge in [-0.2, -0.15) is 0 Å². The number of piperidine rings is 1. The first-order valence-corrected chi connectivity index (χ1v) is 9.06. The van der Waals surface area contributed by atoms with Crippen LogP contribution in [0.25, 0.3) is 0 Å². The van der Waals surface area contributed by atoms with E-state index in [2.05, 4.69) is 5.32 Å². The van der Waals surface area contributed by atoms with Crippen molar-refractivity contribution in [1.29, 1.82) is 0 Å². The molecule has 1 aromatic heterocycles. The maximum absolute atomic E-state index is 11.6. The molecule has 1 N–H and O–H groups in total. The molecule has 2 heterocycles. The average molecular weight is 316 g/mol. The van der Waals surface area contributed by atoms with E-state index in [1.807, 2.05) is 12.1 Å². The molecular weight excluding hydrogens is 292 g/mol. The zero-order valence-corrected chi connectivity index (χ0v) is 13.4. The standard InChI is InChI=1S/C14H24N2O4S/c1-19-11-13(14-6-4-8-20-14)15-9-12-5-3-7-16(10-12)21(2,17)18/h4,6,8,12-13,15H,3,5,7,9-11H2,1-2H3/t12-,13+/m0/s1. The molecule has 7 heteroatoms. The van der Waals surface area contributed by atoms with Gasteiger partial charge >= 0.3 is 0 Å². The van der Waals surface area contributed by atoms with Crippen LogP contribution in [0.1, 0.15) is 24.6 Å². The summed E-state index contributed by atoms with van der Waals surface area (Å²) < 4.78 is 35.5. The predicted octanol–water partition coefficient (Wildman–Crippen LogP) is 1.23. The lowest BCUT2D eigenvalue weighted by atomic mass is 9.99. The minimum absolute atomic E-state index is 0.00129. The summed E-state index contributed by atoms with van der Waals surface area (Å²) in [6.07, 6.45) is 4.87. The van der Waals surface area contributed by atoms with Gasteiger partial charge in [-0.1, -0.05) is 0 Å². The van der Waals surface area contributed by atoms with Crippen molar-refractivity contribution < 1.29 is 17.6 Å². The smallest absolute Gasteiger partial charge is 0.211 e. The Morgan fingerprint density at radius 2 is 2.38 bits per heavy atom. The van der Waals surface area contributed by atoms with Crippen LogP contribution < -0.4 is 5.32 Å². The third-order valence-corrected chi connectivity index (χ3v) is 5.09.